The number of hydrogen-bond acceptors (Lipinski definition) is 2. The summed E-state index contributed by atoms with van der Waals surface area (Å²) in [7, 11) is 0. The molecule has 1 aromatic rings. The van der Waals surface area contributed by atoms with Crippen molar-refractivity contribution in [3.05, 3.63) is 29.3 Å². The standard InChI is InChI=1S/C10H7FN2/c1-8-6-9(4-2-3-5-12)7-13-10(8)11/h6-7H,3H2,1H3. The van der Waals surface area contributed by atoms with Crippen LogP contribution in [-0.4, -0.2) is 4.98 Å². The number of pyridine rings is 1. The van der Waals surface area contributed by atoms with E-state index in [1.807, 2.05) is 6.07 Å². The van der Waals surface area contributed by atoms with Gasteiger partial charge in [0.1, 0.15) is 0 Å². The fourth-order valence-electron chi connectivity index (χ4n) is 0.812. The van der Waals surface area contributed by atoms with Crippen LogP contribution in [0.15, 0.2) is 12.3 Å². The van der Waals surface area contributed by atoms with Crippen LogP contribution >= 0.6 is 0 Å². The van der Waals surface area contributed by atoms with E-state index in [4.69, 9.17) is 5.26 Å². The van der Waals surface area contributed by atoms with Gasteiger partial charge in [0, 0.05) is 17.3 Å². The SMILES string of the molecule is Cc1cc(C#CCC#N)cnc1F. The number of nitrogens with zero attached hydrogens (tertiary/aromatic N) is 2. The molecule has 0 aliphatic rings. The molecule has 0 saturated carbocycles. The van der Waals surface area contributed by atoms with Crippen molar-refractivity contribution in [1.29, 1.82) is 5.26 Å². The molecule has 2 nitrogen and oxygen atoms in total. The summed E-state index contributed by atoms with van der Waals surface area (Å²) in [5.41, 5.74) is 1.10. The zero-order valence-electron chi connectivity index (χ0n) is 7.13. The summed E-state index contributed by atoms with van der Waals surface area (Å²) in [6.45, 7) is 1.62. The molecule has 1 rings (SSSR count). The molecule has 1 aromatic heterocycles. The lowest BCUT2D eigenvalue weighted by Gasteiger charge is -1.94. The molecular weight excluding hydrogens is 167 g/mol. The largest absolute Gasteiger partial charge is 0.227 e. The Hall–Kier alpha value is -1.87. The van der Waals surface area contributed by atoms with E-state index in [0.29, 0.717) is 11.1 Å². The lowest BCUT2D eigenvalue weighted by atomic mass is 10.2. The van der Waals surface area contributed by atoms with E-state index < -0.39 is 5.95 Å². The highest BCUT2D eigenvalue weighted by Crippen LogP contribution is 2.04. The summed E-state index contributed by atoms with van der Waals surface area (Å²) in [5.74, 6) is 4.86. The molecule has 64 valence electrons. The average Bonchev–Trinajstić information content (AvgIpc) is 2.12. The number of nitriles is 1. The van der Waals surface area contributed by atoms with Crippen LogP contribution in [0.3, 0.4) is 0 Å². The van der Waals surface area contributed by atoms with Crippen LogP contribution in [0.5, 0.6) is 0 Å². The smallest absolute Gasteiger partial charge is 0.215 e. The van der Waals surface area contributed by atoms with E-state index in [1.54, 1.807) is 13.0 Å². The first-order valence-electron chi connectivity index (χ1n) is 3.72. The molecule has 13 heavy (non-hydrogen) atoms. The van der Waals surface area contributed by atoms with Gasteiger partial charge < -0.3 is 0 Å². The molecule has 0 fully saturated rings. The van der Waals surface area contributed by atoms with Gasteiger partial charge in [-0.1, -0.05) is 11.8 Å². The minimum absolute atomic E-state index is 0.177. The Morgan fingerprint density at radius 3 is 3.00 bits per heavy atom. The molecule has 3 heteroatoms. The number of aromatic nitrogens is 1. The van der Waals surface area contributed by atoms with Crippen LogP contribution in [0.25, 0.3) is 0 Å². The van der Waals surface area contributed by atoms with Crippen LogP contribution in [0.2, 0.25) is 0 Å². The first-order valence-corrected chi connectivity index (χ1v) is 3.72. The predicted molar refractivity (Wildman–Crippen MR) is 46.0 cm³/mol. The van der Waals surface area contributed by atoms with Crippen molar-refractivity contribution >= 4 is 0 Å². The Balaban J connectivity index is 2.89. The van der Waals surface area contributed by atoms with Crippen molar-refractivity contribution in [2.75, 3.05) is 0 Å². The number of halogens is 1. The summed E-state index contributed by atoms with van der Waals surface area (Å²) in [4.78, 5) is 3.51. The Kier molecular flexibility index (Phi) is 3.00. The maximum Gasteiger partial charge on any atom is 0.215 e. The molecule has 0 aliphatic carbocycles. The van der Waals surface area contributed by atoms with Crippen molar-refractivity contribution in [3.63, 3.8) is 0 Å². The summed E-state index contributed by atoms with van der Waals surface area (Å²) < 4.78 is 12.7. The van der Waals surface area contributed by atoms with Crippen molar-refractivity contribution in [3.8, 4) is 17.9 Å². The Labute approximate surface area is 76.0 Å². The highest BCUT2D eigenvalue weighted by atomic mass is 19.1. The van der Waals surface area contributed by atoms with Crippen LogP contribution in [0.4, 0.5) is 4.39 Å². The van der Waals surface area contributed by atoms with Gasteiger partial charge in [-0.25, -0.2) is 4.98 Å². The second-order valence-corrected chi connectivity index (χ2v) is 2.47. The van der Waals surface area contributed by atoms with Crippen LogP contribution in [0.1, 0.15) is 17.5 Å². The lowest BCUT2D eigenvalue weighted by molar-refractivity contribution is 0.574. The van der Waals surface area contributed by atoms with E-state index in [0.717, 1.165) is 0 Å². The quantitative estimate of drug-likeness (QED) is 0.444. The second kappa shape index (κ2) is 4.23. The molecule has 0 aromatic carbocycles. The first-order chi connectivity index (χ1) is 6.24. The van der Waals surface area contributed by atoms with Crippen molar-refractivity contribution in [2.24, 2.45) is 0 Å². The van der Waals surface area contributed by atoms with E-state index in [-0.39, 0.29) is 6.42 Å². The van der Waals surface area contributed by atoms with E-state index in [1.165, 1.54) is 6.20 Å². The Morgan fingerprint density at radius 1 is 1.62 bits per heavy atom. The molecule has 1 heterocycles. The van der Waals surface area contributed by atoms with Crippen LogP contribution in [0, 0.1) is 36.0 Å². The second-order valence-electron chi connectivity index (χ2n) is 2.47. The summed E-state index contributed by atoms with van der Waals surface area (Å²) >= 11 is 0. The maximum atomic E-state index is 12.7. The topological polar surface area (TPSA) is 36.7 Å². The Morgan fingerprint density at radius 2 is 2.38 bits per heavy atom. The van der Waals surface area contributed by atoms with Crippen molar-refractivity contribution < 1.29 is 4.39 Å². The third kappa shape index (κ3) is 2.57. The monoisotopic (exact) mass is 174 g/mol. The average molecular weight is 174 g/mol. The third-order valence-electron chi connectivity index (χ3n) is 1.41. The zero-order chi connectivity index (χ0) is 9.68. The normalized spacial score (nSPS) is 8.38. The lowest BCUT2D eigenvalue weighted by Crippen LogP contribution is -1.88. The highest BCUT2D eigenvalue weighted by Gasteiger charge is 1.97. The molecule has 0 unspecified atom stereocenters. The van der Waals surface area contributed by atoms with Crippen molar-refractivity contribution in [2.45, 2.75) is 13.3 Å². The van der Waals surface area contributed by atoms with Gasteiger partial charge in [0.15, 0.2) is 0 Å². The summed E-state index contributed by atoms with van der Waals surface area (Å²) in [6, 6.07) is 3.50. The highest BCUT2D eigenvalue weighted by molar-refractivity contribution is 5.34. The number of aryl methyl sites for hydroxylation is 1. The fourth-order valence-corrected chi connectivity index (χ4v) is 0.812. The van der Waals surface area contributed by atoms with Gasteiger partial charge >= 0.3 is 0 Å². The maximum absolute atomic E-state index is 12.7. The van der Waals surface area contributed by atoms with Gasteiger partial charge in [0.2, 0.25) is 5.95 Å². The third-order valence-corrected chi connectivity index (χ3v) is 1.41. The predicted octanol–water partition coefficient (Wildman–Crippen LogP) is 1.79. The summed E-state index contributed by atoms with van der Waals surface area (Å²) in [6.07, 6.45) is 1.53. The molecule has 0 bridgehead atoms. The first kappa shape index (κ1) is 9.22. The zero-order valence-corrected chi connectivity index (χ0v) is 7.13. The van der Waals surface area contributed by atoms with Gasteiger partial charge in [-0.15, -0.1) is 0 Å². The Bertz CT molecular complexity index is 407. The number of hydrogen-bond donors (Lipinski definition) is 0. The van der Waals surface area contributed by atoms with Gasteiger partial charge in [0.25, 0.3) is 0 Å². The van der Waals surface area contributed by atoms with E-state index in [9.17, 15) is 4.39 Å². The van der Waals surface area contributed by atoms with Gasteiger partial charge in [-0.3, -0.25) is 0 Å². The molecule has 0 radical (unpaired) electrons. The minimum Gasteiger partial charge on any atom is -0.227 e. The molecule has 0 amide bonds. The minimum atomic E-state index is -0.481. The van der Waals surface area contributed by atoms with Crippen LogP contribution in [-0.2, 0) is 0 Å². The van der Waals surface area contributed by atoms with Gasteiger partial charge in [0.05, 0.1) is 12.5 Å². The summed E-state index contributed by atoms with van der Waals surface area (Å²) in [5, 5.41) is 8.21. The molecule has 0 saturated heterocycles. The van der Waals surface area contributed by atoms with Gasteiger partial charge in [-0.2, -0.15) is 9.65 Å². The molecule has 0 aliphatic heterocycles. The fraction of sp³-hybridized carbons (Fsp3) is 0.200. The van der Waals surface area contributed by atoms with Crippen molar-refractivity contribution in [1.82, 2.24) is 4.98 Å². The van der Waals surface area contributed by atoms with Crippen LogP contribution < -0.4 is 0 Å². The number of rotatable bonds is 0. The van der Waals surface area contributed by atoms with Gasteiger partial charge in [-0.05, 0) is 13.0 Å². The molecule has 0 N–H and O–H groups in total. The van der Waals surface area contributed by atoms with E-state index in [2.05, 4.69) is 16.8 Å². The molecular formula is C10H7FN2. The van der Waals surface area contributed by atoms with E-state index >= 15 is 0 Å². The molecule has 0 atom stereocenters. The molecule has 0 spiro atoms.